The first kappa shape index (κ1) is 9.85. The minimum atomic E-state index is -1.97. The van der Waals surface area contributed by atoms with Gasteiger partial charge >= 0.3 is 0 Å². The molecule has 0 aromatic rings. The largest absolute Gasteiger partial charge is 0.394 e. The minimum absolute atomic E-state index is 0.273. The van der Waals surface area contributed by atoms with E-state index in [0.717, 1.165) is 0 Å². The molecular formula is C6H13NO5. The second kappa shape index (κ2) is 3.25. The van der Waals surface area contributed by atoms with Crippen molar-refractivity contribution >= 4 is 0 Å². The Kier molecular flexibility index (Phi) is 2.67. The van der Waals surface area contributed by atoms with E-state index in [-0.39, 0.29) is 6.42 Å². The number of rotatable bonds is 1. The summed E-state index contributed by atoms with van der Waals surface area (Å²) in [6, 6.07) is 0. The summed E-state index contributed by atoms with van der Waals surface area (Å²) in [5, 5.41) is 36.1. The smallest absolute Gasteiger partial charge is 0.225 e. The second-order valence-corrected chi connectivity index (χ2v) is 2.95. The van der Waals surface area contributed by atoms with Crippen LogP contribution in [0.25, 0.3) is 0 Å². The Bertz CT molecular complexity index is 162. The number of hydrogen-bond donors (Lipinski definition) is 5. The number of aliphatic hydroxyl groups excluding tert-OH is 3. The van der Waals surface area contributed by atoms with Gasteiger partial charge in [-0.05, 0) is 0 Å². The molecule has 12 heavy (non-hydrogen) atoms. The van der Waals surface area contributed by atoms with Crippen molar-refractivity contribution in [3.63, 3.8) is 0 Å². The van der Waals surface area contributed by atoms with Crippen LogP contribution in [0.5, 0.6) is 0 Å². The van der Waals surface area contributed by atoms with Gasteiger partial charge in [-0.3, -0.25) is 5.73 Å². The molecule has 0 aromatic heterocycles. The Morgan fingerprint density at radius 1 is 1.50 bits per heavy atom. The monoisotopic (exact) mass is 179 g/mol. The molecule has 6 N–H and O–H groups in total. The summed E-state index contributed by atoms with van der Waals surface area (Å²) < 4.78 is 4.68. The van der Waals surface area contributed by atoms with Crippen molar-refractivity contribution in [2.24, 2.45) is 5.73 Å². The Balaban J connectivity index is 2.65. The molecule has 0 saturated carbocycles. The number of nitrogens with two attached hydrogens (primary N) is 1. The summed E-state index contributed by atoms with van der Waals surface area (Å²) >= 11 is 0. The second-order valence-electron chi connectivity index (χ2n) is 2.95. The lowest BCUT2D eigenvalue weighted by Crippen LogP contribution is -2.59. The van der Waals surface area contributed by atoms with E-state index < -0.39 is 30.8 Å². The Labute approximate surface area is 69.2 Å². The molecule has 4 atom stereocenters. The maximum Gasteiger partial charge on any atom is 0.225 e. The van der Waals surface area contributed by atoms with Gasteiger partial charge in [0.1, 0.15) is 12.2 Å². The van der Waals surface area contributed by atoms with Gasteiger partial charge in [-0.15, -0.1) is 0 Å². The van der Waals surface area contributed by atoms with Crippen LogP contribution in [0.2, 0.25) is 0 Å². The molecule has 1 rings (SSSR count). The van der Waals surface area contributed by atoms with E-state index in [9.17, 15) is 0 Å². The van der Waals surface area contributed by atoms with E-state index in [1.165, 1.54) is 0 Å². The Hall–Kier alpha value is -0.240. The molecule has 1 fully saturated rings. The van der Waals surface area contributed by atoms with Crippen molar-refractivity contribution < 1.29 is 25.2 Å². The summed E-state index contributed by atoms with van der Waals surface area (Å²) in [5.41, 5.74) is 5.15. The van der Waals surface area contributed by atoms with Crippen LogP contribution in [-0.4, -0.2) is 51.3 Å². The van der Waals surface area contributed by atoms with Crippen LogP contribution in [0.1, 0.15) is 6.42 Å². The molecule has 6 heteroatoms. The van der Waals surface area contributed by atoms with Crippen LogP contribution < -0.4 is 5.73 Å². The zero-order valence-corrected chi connectivity index (χ0v) is 6.42. The maximum atomic E-state index is 9.17. The van der Waals surface area contributed by atoms with Crippen LogP contribution in [0.15, 0.2) is 0 Å². The maximum absolute atomic E-state index is 9.17. The molecule has 72 valence electrons. The predicted molar refractivity (Wildman–Crippen MR) is 37.7 cm³/mol. The SMILES string of the molecule is NC1(O)C[C@@H](O)[C@H](O)[C@@H](CO)O1. The summed E-state index contributed by atoms with van der Waals surface area (Å²) in [7, 11) is 0. The molecule has 6 nitrogen and oxygen atoms in total. The van der Waals surface area contributed by atoms with Gasteiger partial charge in [0.15, 0.2) is 0 Å². The van der Waals surface area contributed by atoms with Crippen LogP contribution in [0, 0.1) is 0 Å². The lowest BCUT2D eigenvalue weighted by atomic mass is 10.00. The molecule has 1 aliphatic heterocycles. The average Bonchev–Trinajstić information content (AvgIpc) is 1.96. The molecule has 0 aromatic carbocycles. The van der Waals surface area contributed by atoms with Gasteiger partial charge in [-0.25, -0.2) is 0 Å². The van der Waals surface area contributed by atoms with Crippen molar-refractivity contribution in [1.29, 1.82) is 0 Å². The molecule has 0 aliphatic carbocycles. The van der Waals surface area contributed by atoms with Crippen LogP contribution >= 0.6 is 0 Å². The van der Waals surface area contributed by atoms with Crippen molar-refractivity contribution in [2.45, 2.75) is 30.6 Å². The third-order valence-corrected chi connectivity index (χ3v) is 1.81. The topological polar surface area (TPSA) is 116 Å². The van der Waals surface area contributed by atoms with E-state index in [1.54, 1.807) is 0 Å². The Morgan fingerprint density at radius 3 is 2.58 bits per heavy atom. The molecule has 1 saturated heterocycles. The highest BCUT2D eigenvalue weighted by atomic mass is 16.7. The zero-order chi connectivity index (χ0) is 9.35. The van der Waals surface area contributed by atoms with Gasteiger partial charge in [0.25, 0.3) is 0 Å². The highest BCUT2D eigenvalue weighted by Gasteiger charge is 2.42. The molecule has 0 amide bonds. The van der Waals surface area contributed by atoms with Crippen molar-refractivity contribution in [3.05, 3.63) is 0 Å². The Morgan fingerprint density at radius 2 is 2.08 bits per heavy atom. The van der Waals surface area contributed by atoms with E-state index >= 15 is 0 Å². The first-order chi connectivity index (χ1) is 5.46. The van der Waals surface area contributed by atoms with E-state index in [0.29, 0.717) is 0 Å². The molecule has 1 heterocycles. The third kappa shape index (κ3) is 1.92. The molecule has 0 spiro atoms. The standard InChI is InChI=1S/C6H13NO5/c7-6(11)1-3(9)5(10)4(2-8)12-6/h3-5,8-11H,1-2,7H2/t3-,4-,5+,6?/m1/s1. The molecule has 1 unspecified atom stereocenters. The van der Waals surface area contributed by atoms with Gasteiger partial charge in [0.2, 0.25) is 5.91 Å². The highest BCUT2D eigenvalue weighted by Crippen LogP contribution is 2.23. The van der Waals surface area contributed by atoms with Crippen molar-refractivity contribution in [1.82, 2.24) is 0 Å². The van der Waals surface area contributed by atoms with Gasteiger partial charge in [-0.2, -0.15) is 0 Å². The fourth-order valence-corrected chi connectivity index (χ4v) is 1.19. The number of hydrogen-bond acceptors (Lipinski definition) is 6. The molecule has 0 bridgehead atoms. The highest BCUT2D eigenvalue weighted by molar-refractivity contribution is 4.85. The van der Waals surface area contributed by atoms with Crippen molar-refractivity contribution in [3.8, 4) is 0 Å². The first-order valence-corrected chi connectivity index (χ1v) is 3.62. The van der Waals surface area contributed by atoms with E-state index in [4.69, 9.17) is 26.2 Å². The third-order valence-electron chi connectivity index (χ3n) is 1.81. The molecule has 1 aliphatic rings. The zero-order valence-electron chi connectivity index (χ0n) is 6.42. The summed E-state index contributed by atoms with van der Waals surface area (Å²) in [6.07, 6.45) is -3.70. The summed E-state index contributed by atoms with van der Waals surface area (Å²) in [6.45, 7) is -0.502. The predicted octanol–water partition coefficient (Wildman–Crippen LogP) is -2.91. The van der Waals surface area contributed by atoms with Crippen molar-refractivity contribution in [2.75, 3.05) is 6.61 Å². The number of ether oxygens (including phenoxy) is 1. The normalized spacial score (nSPS) is 49.2. The minimum Gasteiger partial charge on any atom is -0.394 e. The van der Waals surface area contributed by atoms with E-state index in [2.05, 4.69) is 4.74 Å². The van der Waals surface area contributed by atoms with E-state index in [1.807, 2.05) is 0 Å². The quantitative estimate of drug-likeness (QED) is 0.276. The lowest BCUT2D eigenvalue weighted by molar-refractivity contribution is -0.302. The fourth-order valence-electron chi connectivity index (χ4n) is 1.19. The van der Waals surface area contributed by atoms with Gasteiger partial charge in [0, 0.05) is 6.42 Å². The molecule has 0 radical (unpaired) electrons. The van der Waals surface area contributed by atoms with Crippen LogP contribution in [0.4, 0.5) is 0 Å². The lowest BCUT2D eigenvalue weighted by Gasteiger charge is -2.39. The number of aliphatic hydroxyl groups is 4. The molecular weight excluding hydrogens is 166 g/mol. The van der Waals surface area contributed by atoms with Gasteiger partial charge in [-0.1, -0.05) is 0 Å². The average molecular weight is 179 g/mol. The fraction of sp³-hybridized carbons (Fsp3) is 1.00. The summed E-state index contributed by atoms with van der Waals surface area (Å²) in [5.74, 6) is -1.97. The first-order valence-electron chi connectivity index (χ1n) is 3.62. The van der Waals surface area contributed by atoms with Gasteiger partial charge < -0.3 is 25.2 Å². The van der Waals surface area contributed by atoms with Crippen LogP contribution in [-0.2, 0) is 4.74 Å². The van der Waals surface area contributed by atoms with Crippen LogP contribution in [0.3, 0.4) is 0 Å². The van der Waals surface area contributed by atoms with Gasteiger partial charge in [0.05, 0.1) is 12.7 Å². The summed E-state index contributed by atoms with van der Waals surface area (Å²) in [4.78, 5) is 0.